The van der Waals surface area contributed by atoms with Gasteiger partial charge in [0.25, 0.3) is 5.91 Å². The Morgan fingerprint density at radius 3 is 2.52 bits per heavy atom. The molecule has 3 rings (SSSR count). The maximum Gasteiger partial charge on any atom is 0.341 e. The van der Waals surface area contributed by atoms with Crippen molar-refractivity contribution in [2.45, 2.75) is 31.2 Å². The van der Waals surface area contributed by atoms with Crippen LogP contribution in [0.1, 0.15) is 41.6 Å². The van der Waals surface area contributed by atoms with Crippen molar-refractivity contribution >= 4 is 29.3 Å². The summed E-state index contributed by atoms with van der Waals surface area (Å²) in [5, 5.41) is 0.394. The fourth-order valence-electron chi connectivity index (χ4n) is 3.77. The second-order valence-electron chi connectivity index (χ2n) is 6.98. The number of Topliss-reactive ketones (excluding diaryl/α,β-unsaturated/α-hetero) is 1. The molecule has 0 heterocycles. The van der Waals surface area contributed by atoms with E-state index in [9.17, 15) is 18.8 Å². The molecule has 5 nitrogen and oxygen atoms in total. The summed E-state index contributed by atoms with van der Waals surface area (Å²) in [5.41, 5.74) is -0.905. The highest BCUT2D eigenvalue weighted by atomic mass is 35.5. The van der Waals surface area contributed by atoms with E-state index in [-0.39, 0.29) is 11.3 Å². The van der Waals surface area contributed by atoms with Gasteiger partial charge in [-0.15, -0.1) is 0 Å². The van der Waals surface area contributed by atoms with E-state index >= 15 is 0 Å². The Kier molecular flexibility index (Phi) is 6.33. The van der Waals surface area contributed by atoms with Gasteiger partial charge in [0, 0.05) is 24.1 Å². The molecule has 1 aliphatic rings. The molecule has 7 heteroatoms. The number of ketones is 1. The molecule has 0 spiro atoms. The van der Waals surface area contributed by atoms with Gasteiger partial charge in [0.15, 0.2) is 12.4 Å². The maximum absolute atomic E-state index is 13.7. The van der Waals surface area contributed by atoms with E-state index in [1.807, 2.05) is 0 Å². The van der Waals surface area contributed by atoms with Gasteiger partial charge in [0.1, 0.15) is 11.4 Å². The number of amides is 1. The SMILES string of the molecule is CN(C(=O)COC(=O)c1ccccc1F)[C@]1(c2ccccc2Cl)CCCCC1=O. The Hall–Kier alpha value is -2.73. The Balaban J connectivity index is 1.83. The monoisotopic (exact) mass is 417 g/mol. The van der Waals surface area contributed by atoms with E-state index in [1.165, 1.54) is 30.1 Å². The number of ether oxygens (including phenoxy) is 1. The molecule has 152 valence electrons. The van der Waals surface area contributed by atoms with Gasteiger partial charge in [-0.1, -0.05) is 41.9 Å². The Bertz CT molecular complexity index is 948. The Morgan fingerprint density at radius 2 is 1.83 bits per heavy atom. The predicted octanol–water partition coefficient (Wildman–Crippen LogP) is 4.13. The van der Waals surface area contributed by atoms with Gasteiger partial charge in [0.05, 0.1) is 5.56 Å². The van der Waals surface area contributed by atoms with E-state index in [2.05, 4.69) is 0 Å². The average molecular weight is 418 g/mol. The lowest BCUT2D eigenvalue weighted by molar-refractivity contribution is -0.150. The highest BCUT2D eigenvalue weighted by Gasteiger charge is 2.48. The van der Waals surface area contributed by atoms with Crippen LogP contribution in [0.4, 0.5) is 4.39 Å². The first-order valence-corrected chi connectivity index (χ1v) is 9.72. The molecule has 1 aliphatic carbocycles. The number of hydrogen-bond donors (Lipinski definition) is 0. The summed E-state index contributed by atoms with van der Waals surface area (Å²) < 4.78 is 18.8. The quantitative estimate of drug-likeness (QED) is 0.686. The zero-order chi connectivity index (χ0) is 21.0. The van der Waals surface area contributed by atoms with Gasteiger partial charge in [-0.25, -0.2) is 9.18 Å². The Labute approximate surface area is 173 Å². The molecule has 1 saturated carbocycles. The van der Waals surface area contributed by atoms with E-state index in [1.54, 1.807) is 24.3 Å². The number of hydrogen-bond acceptors (Lipinski definition) is 4. The molecule has 0 saturated heterocycles. The number of nitrogens with zero attached hydrogens (tertiary/aromatic N) is 1. The molecule has 0 radical (unpaired) electrons. The van der Waals surface area contributed by atoms with E-state index in [0.29, 0.717) is 23.4 Å². The summed E-state index contributed by atoms with van der Waals surface area (Å²) in [4.78, 5) is 39.3. The molecule has 0 aliphatic heterocycles. The predicted molar refractivity (Wildman–Crippen MR) is 106 cm³/mol. The molecule has 1 fully saturated rings. The van der Waals surface area contributed by atoms with Gasteiger partial charge in [-0.3, -0.25) is 9.59 Å². The van der Waals surface area contributed by atoms with Gasteiger partial charge < -0.3 is 9.64 Å². The average Bonchev–Trinajstić information content (AvgIpc) is 2.72. The molecule has 2 aromatic carbocycles. The lowest BCUT2D eigenvalue weighted by Crippen LogP contribution is -2.55. The molecule has 0 aromatic heterocycles. The minimum absolute atomic E-state index is 0.104. The van der Waals surface area contributed by atoms with Gasteiger partial charge in [0.2, 0.25) is 0 Å². The van der Waals surface area contributed by atoms with E-state index in [4.69, 9.17) is 16.3 Å². The third-order valence-electron chi connectivity index (χ3n) is 5.34. The van der Waals surface area contributed by atoms with Crippen molar-refractivity contribution in [3.8, 4) is 0 Å². The van der Waals surface area contributed by atoms with Crippen molar-refractivity contribution in [1.82, 2.24) is 4.90 Å². The molecule has 0 bridgehead atoms. The molecular weight excluding hydrogens is 397 g/mol. The summed E-state index contributed by atoms with van der Waals surface area (Å²) >= 11 is 6.37. The normalized spacial score (nSPS) is 18.9. The van der Waals surface area contributed by atoms with Crippen LogP contribution in [0, 0.1) is 5.82 Å². The standard InChI is InChI=1S/C22H21ClFNO4/c1-25(20(27)14-29-21(28)15-8-2-5-11-18(15)24)22(13-7-6-12-19(22)26)16-9-3-4-10-17(16)23/h2-5,8-11H,6-7,12-14H2,1H3/t22-/m0/s1. The molecular formula is C22H21ClFNO4. The summed E-state index contributed by atoms with van der Waals surface area (Å²) in [6.07, 6.45) is 2.26. The lowest BCUT2D eigenvalue weighted by Gasteiger charge is -2.43. The summed E-state index contributed by atoms with van der Waals surface area (Å²) in [6.45, 7) is -0.608. The van der Waals surface area contributed by atoms with E-state index < -0.39 is 29.8 Å². The van der Waals surface area contributed by atoms with Gasteiger partial charge in [-0.05, 0) is 37.5 Å². The summed E-state index contributed by atoms with van der Waals surface area (Å²) in [6, 6.07) is 12.3. The minimum atomic E-state index is -1.21. The first-order chi connectivity index (χ1) is 13.9. The third-order valence-corrected chi connectivity index (χ3v) is 5.67. The van der Waals surface area contributed by atoms with Crippen LogP contribution in [0.2, 0.25) is 5.02 Å². The fourth-order valence-corrected chi connectivity index (χ4v) is 4.06. The number of carbonyl (C=O) groups is 3. The topological polar surface area (TPSA) is 63.7 Å². The second-order valence-corrected chi connectivity index (χ2v) is 7.39. The largest absolute Gasteiger partial charge is 0.452 e. The number of benzene rings is 2. The third kappa shape index (κ3) is 4.03. The maximum atomic E-state index is 13.7. The van der Waals surface area contributed by atoms with Crippen LogP contribution in [-0.4, -0.2) is 36.2 Å². The highest BCUT2D eigenvalue weighted by Crippen LogP contribution is 2.42. The number of likely N-dealkylation sites (N-methyl/N-ethyl adjacent to an activating group) is 1. The lowest BCUT2D eigenvalue weighted by atomic mass is 9.74. The van der Waals surface area contributed by atoms with Crippen LogP contribution in [0.5, 0.6) is 0 Å². The van der Waals surface area contributed by atoms with Crippen molar-refractivity contribution in [3.05, 3.63) is 70.5 Å². The molecule has 0 N–H and O–H groups in total. The first kappa shape index (κ1) is 21.0. The first-order valence-electron chi connectivity index (χ1n) is 9.34. The van der Waals surface area contributed by atoms with Crippen molar-refractivity contribution in [2.75, 3.05) is 13.7 Å². The van der Waals surface area contributed by atoms with Crippen LogP contribution in [0.3, 0.4) is 0 Å². The summed E-state index contributed by atoms with van der Waals surface area (Å²) in [5.74, 6) is -2.34. The fraction of sp³-hybridized carbons (Fsp3) is 0.318. The van der Waals surface area contributed by atoms with Crippen molar-refractivity contribution in [1.29, 1.82) is 0 Å². The molecule has 2 aromatic rings. The Morgan fingerprint density at radius 1 is 1.14 bits per heavy atom. The molecule has 29 heavy (non-hydrogen) atoms. The number of halogens is 2. The second kappa shape index (κ2) is 8.74. The van der Waals surface area contributed by atoms with Crippen LogP contribution in [0.25, 0.3) is 0 Å². The zero-order valence-corrected chi connectivity index (χ0v) is 16.7. The van der Waals surface area contributed by atoms with Crippen LogP contribution in [0.15, 0.2) is 48.5 Å². The smallest absolute Gasteiger partial charge is 0.341 e. The summed E-state index contributed by atoms with van der Waals surface area (Å²) in [7, 11) is 1.51. The number of esters is 1. The van der Waals surface area contributed by atoms with Crippen molar-refractivity contribution in [2.24, 2.45) is 0 Å². The van der Waals surface area contributed by atoms with Crippen LogP contribution in [-0.2, 0) is 19.9 Å². The van der Waals surface area contributed by atoms with Crippen molar-refractivity contribution < 1.29 is 23.5 Å². The molecule has 1 atom stereocenters. The van der Waals surface area contributed by atoms with Crippen molar-refractivity contribution in [3.63, 3.8) is 0 Å². The molecule has 0 unspecified atom stereocenters. The van der Waals surface area contributed by atoms with Gasteiger partial charge >= 0.3 is 5.97 Å². The van der Waals surface area contributed by atoms with Crippen LogP contribution >= 0.6 is 11.6 Å². The zero-order valence-electron chi connectivity index (χ0n) is 16.0. The van der Waals surface area contributed by atoms with E-state index in [0.717, 1.165) is 18.9 Å². The molecule has 1 amide bonds. The highest BCUT2D eigenvalue weighted by molar-refractivity contribution is 6.31. The number of rotatable bonds is 5. The van der Waals surface area contributed by atoms with Crippen LogP contribution < -0.4 is 0 Å². The van der Waals surface area contributed by atoms with Gasteiger partial charge in [-0.2, -0.15) is 0 Å². The minimum Gasteiger partial charge on any atom is -0.452 e. The number of carbonyl (C=O) groups excluding carboxylic acids is 3.